The summed E-state index contributed by atoms with van der Waals surface area (Å²) in [6, 6.07) is 20.6. The Bertz CT molecular complexity index is 1160. The van der Waals surface area contributed by atoms with Gasteiger partial charge in [0.1, 0.15) is 11.3 Å². The van der Waals surface area contributed by atoms with Crippen molar-refractivity contribution in [2.45, 2.75) is 26.2 Å². The van der Waals surface area contributed by atoms with E-state index < -0.39 is 0 Å². The Morgan fingerprint density at radius 1 is 1.07 bits per heavy atom. The number of ether oxygens (including phenoxy) is 1. The maximum Gasteiger partial charge on any atom is 0.255 e. The van der Waals surface area contributed by atoms with Crippen LogP contribution in [0.25, 0.3) is 22.6 Å². The maximum atomic E-state index is 12.4. The molecule has 4 aromatic rings. The minimum absolute atomic E-state index is 0.176. The smallest absolute Gasteiger partial charge is 0.255 e. The predicted octanol–water partition coefficient (Wildman–Crippen LogP) is 6.27. The first-order valence-corrected chi connectivity index (χ1v) is 10.0. The van der Waals surface area contributed by atoms with Crippen molar-refractivity contribution in [3.63, 3.8) is 0 Å². The maximum absolute atomic E-state index is 12.4. The van der Waals surface area contributed by atoms with E-state index in [4.69, 9.17) is 9.15 Å². The second-order valence-corrected chi connectivity index (χ2v) is 7.32. The first-order valence-electron chi connectivity index (χ1n) is 10.0. The van der Waals surface area contributed by atoms with E-state index in [1.807, 2.05) is 30.3 Å². The number of anilines is 1. The fourth-order valence-electron chi connectivity index (χ4n) is 3.25. The van der Waals surface area contributed by atoms with Crippen LogP contribution in [0.4, 0.5) is 5.69 Å². The molecule has 0 aliphatic heterocycles. The molecule has 1 heterocycles. The van der Waals surface area contributed by atoms with Gasteiger partial charge < -0.3 is 14.5 Å². The molecule has 0 aliphatic carbocycles. The van der Waals surface area contributed by atoms with Gasteiger partial charge in [0.05, 0.1) is 7.11 Å². The van der Waals surface area contributed by atoms with Crippen molar-refractivity contribution < 1.29 is 13.9 Å². The van der Waals surface area contributed by atoms with Crippen molar-refractivity contribution in [2.24, 2.45) is 0 Å². The average Bonchev–Trinajstić information content (AvgIpc) is 3.22. The van der Waals surface area contributed by atoms with Gasteiger partial charge in [-0.3, -0.25) is 4.79 Å². The minimum atomic E-state index is -0.176. The number of fused-ring (bicyclic) bond motifs is 1. The van der Waals surface area contributed by atoms with E-state index in [0.29, 0.717) is 28.8 Å². The van der Waals surface area contributed by atoms with Crippen LogP contribution in [0.1, 0.15) is 42.1 Å². The summed E-state index contributed by atoms with van der Waals surface area (Å²) in [4.78, 5) is 17.1. The lowest BCUT2D eigenvalue weighted by molar-refractivity contribution is 0.102. The van der Waals surface area contributed by atoms with Gasteiger partial charge in [0, 0.05) is 16.8 Å². The Morgan fingerprint density at radius 2 is 1.80 bits per heavy atom. The third kappa shape index (κ3) is 4.06. The summed E-state index contributed by atoms with van der Waals surface area (Å²) >= 11 is 0. The number of rotatable bonds is 6. The van der Waals surface area contributed by atoms with Crippen LogP contribution in [0.15, 0.2) is 71.1 Å². The van der Waals surface area contributed by atoms with Crippen molar-refractivity contribution in [3.8, 4) is 17.2 Å². The zero-order valence-electron chi connectivity index (χ0n) is 17.3. The number of benzene rings is 3. The molecule has 30 heavy (non-hydrogen) atoms. The zero-order chi connectivity index (χ0) is 21.1. The van der Waals surface area contributed by atoms with Crippen LogP contribution in [-0.2, 0) is 0 Å². The molecular formula is C25H24N2O3. The Balaban J connectivity index is 1.50. The van der Waals surface area contributed by atoms with Gasteiger partial charge in [0.15, 0.2) is 5.58 Å². The van der Waals surface area contributed by atoms with E-state index in [0.717, 1.165) is 23.1 Å². The molecule has 1 unspecified atom stereocenters. The highest BCUT2D eigenvalue weighted by Crippen LogP contribution is 2.28. The van der Waals surface area contributed by atoms with Crippen molar-refractivity contribution in [1.82, 2.24) is 4.98 Å². The summed E-state index contributed by atoms with van der Waals surface area (Å²) in [6.45, 7) is 4.39. The van der Waals surface area contributed by atoms with Gasteiger partial charge in [0.25, 0.3) is 5.91 Å². The van der Waals surface area contributed by atoms with Gasteiger partial charge in [-0.2, -0.15) is 0 Å². The molecule has 0 saturated heterocycles. The molecule has 0 radical (unpaired) electrons. The molecule has 0 spiro atoms. The van der Waals surface area contributed by atoms with Crippen molar-refractivity contribution in [1.29, 1.82) is 0 Å². The summed E-state index contributed by atoms with van der Waals surface area (Å²) in [6.07, 6.45) is 1.08. The summed E-state index contributed by atoms with van der Waals surface area (Å²) in [7, 11) is 1.60. The number of hydrogen-bond acceptors (Lipinski definition) is 4. The van der Waals surface area contributed by atoms with Crippen LogP contribution in [0.2, 0.25) is 0 Å². The van der Waals surface area contributed by atoms with Crippen molar-refractivity contribution in [3.05, 3.63) is 77.9 Å². The SMILES string of the molecule is CCC(C)c1ccc2oc(-c3ccc(NC(=O)c4ccc(OC)cc4)cc3)nc2c1. The molecule has 1 aromatic heterocycles. The standard InChI is InChI=1S/C25H24N2O3/c1-4-16(2)19-9-14-23-22(15-19)27-25(30-23)18-5-10-20(11-6-18)26-24(28)17-7-12-21(29-3)13-8-17/h5-16H,4H2,1-3H3,(H,26,28). The number of methoxy groups -OCH3 is 1. The molecule has 152 valence electrons. The average molecular weight is 400 g/mol. The molecule has 1 atom stereocenters. The third-order valence-corrected chi connectivity index (χ3v) is 5.33. The molecule has 0 bridgehead atoms. The molecule has 5 nitrogen and oxygen atoms in total. The molecular weight excluding hydrogens is 376 g/mol. The van der Waals surface area contributed by atoms with Crippen LogP contribution >= 0.6 is 0 Å². The van der Waals surface area contributed by atoms with Gasteiger partial charge >= 0.3 is 0 Å². The predicted molar refractivity (Wildman–Crippen MR) is 119 cm³/mol. The molecule has 4 rings (SSSR count). The second kappa shape index (κ2) is 8.41. The number of carbonyl (C=O) groups is 1. The van der Waals surface area contributed by atoms with Gasteiger partial charge in [-0.25, -0.2) is 4.98 Å². The highest BCUT2D eigenvalue weighted by molar-refractivity contribution is 6.04. The van der Waals surface area contributed by atoms with Crippen LogP contribution in [0.3, 0.4) is 0 Å². The highest BCUT2D eigenvalue weighted by Gasteiger charge is 2.12. The van der Waals surface area contributed by atoms with E-state index >= 15 is 0 Å². The Kier molecular flexibility index (Phi) is 5.53. The number of amides is 1. The monoisotopic (exact) mass is 400 g/mol. The summed E-state index contributed by atoms with van der Waals surface area (Å²) < 4.78 is 11.0. The summed E-state index contributed by atoms with van der Waals surface area (Å²) in [5, 5.41) is 2.90. The number of aromatic nitrogens is 1. The van der Waals surface area contributed by atoms with Gasteiger partial charge in [-0.1, -0.05) is 19.9 Å². The first-order chi connectivity index (χ1) is 14.6. The number of oxazole rings is 1. The van der Waals surface area contributed by atoms with Gasteiger partial charge in [-0.05, 0) is 78.6 Å². The zero-order valence-corrected chi connectivity index (χ0v) is 17.3. The minimum Gasteiger partial charge on any atom is -0.497 e. The fraction of sp³-hybridized carbons (Fsp3) is 0.200. The van der Waals surface area contributed by atoms with Crippen LogP contribution < -0.4 is 10.1 Å². The number of nitrogens with zero attached hydrogens (tertiary/aromatic N) is 1. The van der Waals surface area contributed by atoms with Gasteiger partial charge in [-0.15, -0.1) is 0 Å². The lowest BCUT2D eigenvalue weighted by atomic mass is 9.98. The summed E-state index contributed by atoms with van der Waals surface area (Å²) in [5.41, 5.74) is 5.03. The van der Waals surface area contributed by atoms with E-state index in [-0.39, 0.29) is 5.91 Å². The largest absolute Gasteiger partial charge is 0.497 e. The lowest BCUT2D eigenvalue weighted by Gasteiger charge is -2.07. The molecule has 0 aliphatic rings. The molecule has 1 amide bonds. The molecule has 0 fully saturated rings. The molecule has 1 N–H and O–H groups in total. The topological polar surface area (TPSA) is 64.4 Å². The van der Waals surface area contributed by atoms with E-state index in [1.54, 1.807) is 31.4 Å². The Morgan fingerprint density at radius 3 is 2.47 bits per heavy atom. The van der Waals surface area contributed by atoms with Crippen LogP contribution in [0, 0.1) is 0 Å². The van der Waals surface area contributed by atoms with E-state index in [2.05, 4.69) is 36.3 Å². The Hall–Kier alpha value is -3.60. The summed E-state index contributed by atoms with van der Waals surface area (Å²) in [5.74, 6) is 1.60. The fourth-order valence-corrected chi connectivity index (χ4v) is 3.25. The first kappa shape index (κ1) is 19.7. The third-order valence-electron chi connectivity index (χ3n) is 5.33. The lowest BCUT2D eigenvalue weighted by Crippen LogP contribution is -2.11. The number of carbonyl (C=O) groups excluding carboxylic acids is 1. The van der Waals surface area contributed by atoms with Crippen LogP contribution in [-0.4, -0.2) is 18.0 Å². The van der Waals surface area contributed by atoms with Crippen molar-refractivity contribution in [2.75, 3.05) is 12.4 Å². The second-order valence-electron chi connectivity index (χ2n) is 7.32. The highest BCUT2D eigenvalue weighted by atomic mass is 16.5. The molecule has 5 heteroatoms. The normalized spacial score (nSPS) is 12.0. The van der Waals surface area contributed by atoms with Crippen molar-refractivity contribution >= 4 is 22.7 Å². The van der Waals surface area contributed by atoms with E-state index in [9.17, 15) is 4.79 Å². The molecule has 3 aromatic carbocycles. The molecule has 0 saturated carbocycles. The number of hydrogen-bond donors (Lipinski definition) is 1. The Labute approximate surface area is 175 Å². The van der Waals surface area contributed by atoms with E-state index in [1.165, 1.54) is 5.56 Å². The quantitative estimate of drug-likeness (QED) is 0.414. The number of nitrogens with one attached hydrogen (secondary N) is 1. The van der Waals surface area contributed by atoms with Gasteiger partial charge in [0.2, 0.25) is 5.89 Å². The van der Waals surface area contributed by atoms with Crippen LogP contribution in [0.5, 0.6) is 5.75 Å².